The summed E-state index contributed by atoms with van der Waals surface area (Å²) in [7, 11) is -1.93. The molecule has 7 nitrogen and oxygen atoms in total. The van der Waals surface area contributed by atoms with Gasteiger partial charge >= 0.3 is 5.63 Å². The highest BCUT2D eigenvalue weighted by Gasteiger charge is 2.29. The average Bonchev–Trinajstić information content (AvgIpc) is 3.10. The summed E-state index contributed by atoms with van der Waals surface area (Å²) in [5, 5.41) is 0.549. The smallest absolute Gasteiger partial charge is 0.364 e. The monoisotopic (exact) mass is 395 g/mol. The summed E-state index contributed by atoms with van der Waals surface area (Å²) in [6.45, 7) is 0.782. The molecule has 5 rings (SSSR count). The van der Waals surface area contributed by atoms with Gasteiger partial charge in [0.15, 0.2) is 5.52 Å². The van der Waals surface area contributed by atoms with Gasteiger partial charge in [0.05, 0.1) is 16.7 Å². The molecule has 2 aromatic carbocycles. The van der Waals surface area contributed by atoms with Crippen LogP contribution in [0.2, 0.25) is 0 Å². The molecule has 2 aromatic heterocycles. The molecule has 0 radical (unpaired) electrons. The predicted molar refractivity (Wildman–Crippen MR) is 104 cm³/mol. The number of hydrogen-bond donors (Lipinski definition) is 0. The molecule has 0 unspecified atom stereocenters. The molecule has 3 heterocycles. The van der Waals surface area contributed by atoms with Gasteiger partial charge in [0, 0.05) is 25.5 Å². The van der Waals surface area contributed by atoms with Crippen LogP contribution in [-0.2, 0) is 30.0 Å². The van der Waals surface area contributed by atoms with Crippen molar-refractivity contribution in [2.45, 2.75) is 17.9 Å². The lowest BCUT2D eigenvalue weighted by molar-refractivity contribution is 0.391. The molecule has 0 aliphatic carbocycles. The lowest BCUT2D eigenvalue weighted by Crippen LogP contribution is -2.35. The van der Waals surface area contributed by atoms with Gasteiger partial charge in [-0.25, -0.2) is 18.2 Å². The van der Waals surface area contributed by atoms with Crippen LogP contribution in [0.5, 0.6) is 0 Å². The molecule has 0 bridgehead atoms. The van der Waals surface area contributed by atoms with Crippen LogP contribution < -0.4 is 5.63 Å². The number of sulfonamides is 1. The van der Waals surface area contributed by atoms with Crippen LogP contribution in [0.15, 0.2) is 62.9 Å². The van der Waals surface area contributed by atoms with Gasteiger partial charge in [0.25, 0.3) is 0 Å². The van der Waals surface area contributed by atoms with Gasteiger partial charge < -0.3 is 8.98 Å². The Bertz CT molecular complexity index is 1400. The van der Waals surface area contributed by atoms with E-state index in [2.05, 4.69) is 4.98 Å². The van der Waals surface area contributed by atoms with E-state index in [0.717, 1.165) is 5.56 Å². The standard InChI is InChI=1S/C20H17N3O4S/c1-22-12-21-18-19(22)16-10-15(6-7-17(16)27-20(18)24)28(25,26)23-9-8-13-4-2-3-5-14(13)11-23/h2-7,10,12H,8-9,11H2,1H3. The summed E-state index contributed by atoms with van der Waals surface area (Å²) in [6.07, 6.45) is 2.20. The Morgan fingerprint density at radius 2 is 1.89 bits per heavy atom. The van der Waals surface area contributed by atoms with Gasteiger partial charge in [-0.1, -0.05) is 24.3 Å². The minimum absolute atomic E-state index is 0.177. The molecule has 0 amide bonds. The zero-order valence-electron chi connectivity index (χ0n) is 15.1. The minimum atomic E-state index is -3.69. The third-order valence-electron chi connectivity index (χ3n) is 5.27. The molecule has 0 N–H and O–H groups in total. The van der Waals surface area contributed by atoms with Crippen LogP contribution in [0.3, 0.4) is 0 Å². The minimum Gasteiger partial charge on any atom is -0.421 e. The molecule has 0 saturated carbocycles. The van der Waals surface area contributed by atoms with Crippen LogP contribution in [0.25, 0.3) is 22.0 Å². The summed E-state index contributed by atoms with van der Waals surface area (Å²) >= 11 is 0. The second kappa shape index (κ2) is 6.02. The molecule has 28 heavy (non-hydrogen) atoms. The van der Waals surface area contributed by atoms with E-state index in [0.29, 0.717) is 36.0 Å². The first kappa shape index (κ1) is 17.2. The Kier molecular flexibility index (Phi) is 3.68. The van der Waals surface area contributed by atoms with Gasteiger partial charge in [0.1, 0.15) is 5.58 Å². The van der Waals surface area contributed by atoms with Crippen LogP contribution in [0, 0.1) is 0 Å². The molecule has 0 atom stereocenters. The van der Waals surface area contributed by atoms with Gasteiger partial charge in [0.2, 0.25) is 10.0 Å². The molecule has 0 spiro atoms. The average molecular weight is 395 g/mol. The van der Waals surface area contributed by atoms with E-state index < -0.39 is 15.6 Å². The second-order valence-corrected chi connectivity index (χ2v) is 8.90. The fourth-order valence-corrected chi connectivity index (χ4v) is 5.26. The normalized spacial score (nSPS) is 15.2. The van der Waals surface area contributed by atoms with Crippen LogP contribution >= 0.6 is 0 Å². The fourth-order valence-electron chi connectivity index (χ4n) is 3.81. The van der Waals surface area contributed by atoms with Crippen molar-refractivity contribution in [3.8, 4) is 0 Å². The number of hydrogen-bond acceptors (Lipinski definition) is 5. The summed E-state index contributed by atoms with van der Waals surface area (Å²) in [5.74, 6) is 0. The van der Waals surface area contributed by atoms with E-state index in [-0.39, 0.29) is 10.4 Å². The Morgan fingerprint density at radius 1 is 1.11 bits per heavy atom. The number of nitrogens with zero attached hydrogens (tertiary/aromatic N) is 3. The number of benzene rings is 2. The van der Waals surface area contributed by atoms with Crippen LogP contribution in [0.1, 0.15) is 11.1 Å². The van der Waals surface area contributed by atoms with Crippen molar-refractivity contribution in [3.63, 3.8) is 0 Å². The summed E-state index contributed by atoms with van der Waals surface area (Å²) in [6, 6.07) is 12.5. The number of rotatable bonds is 2. The zero-order valence-corrected chi connectivity index (χ0v) is 15.9. The van der Waals surface area contributed by atoms with Crippen LogP contribution in [0.4, 0.5) is 0 Å². The highest BCUT2D eigenvalue weighted by molar-refractivity contribution is 7.89. The van der Waals surface area contributed by atoms with Crippen LogP contribution in [-0.4, -0.2) is 28.8 Å². The van der Waals surface area contributed by atoms with Crippen molar-refractivity contribution in [1.29, 1.82) is 0 Å². The second-order valence-electron chi connectivity index (χ2n) is 6.96. The van der Waals surface area contributed by atoms with Crippen molar-refractivity contribution in [1.82, 2.24) is 13.9 Å². The third-order valence-corrected chi connectivity index (χ3v) is 7.11. The predicted octanol–water partition coefficient (Wildman–Crippen LogP) is 2.43. The van der Waals surface area contributed by atoms with Gasteiger partial charge in [-0.2, -0.15) is 4.31 Å². The Hall–Kier alpha value is -2.97. The van der Waals surface area contributed by atoms with E-state index in [9.17, 15) is 13.2 Å². The van der Waals surface area contributed by atoms with E-state index in [4.69, 9.17) is 4.42 Å². The Morgan fingerprint density at radius 3 is 2.71 bits per heavy atom. The Balaban J connectivity index is 1.65. The summed E-state index contributed by atoms with van der Waals surface area (Å²) < 4.78 is 35.1. The van der Waals surface area contributed by atoms with Gasteiger partial charge in [-0.15, -0.1) is 0 Å². The van der Waals surface area contributed by atoms with Gasteiger partial charge in [-0.3, -0.25) is 0 Å². The van der Waals surface area contributed by atoms with Crippen molar-refractivity contribution in [2.75, 3.05) is 6.54 Å². The summed E-state index contributed by atoms with van der Waals surface area (Å²) in [4.78, 5) is 16.3. The highest BCUT2D eigenvalue weighted by Crippen LogP contribution is 2.29. The van der Waals surface area contributed by atoms with E-state index >= 15 is 0 Å². The third kappa shape index (κ3) is 2.49. The van der Waals surface area contributed by atoms with E-state index in [1.165, 1.54) is 28.3 Å². The zero-order chi connectivity index (χ0) is 19.5. The maximum atomic E-state index is 13.3. The van der Waals surface area contributed by atoms with Crippen molar-refractivity contribution >= 4 is 32.0 Å². The number of aryl methyl sites for hydroxylation is 1. The molecule has 8 heteroatoms. The molecule has 0 fully saturated rings. The summed E-state index contributed by atoms with van der Waals surface area (Å²) in [5.41, 5.74) is 2.77. The van der Waals surface area contributed by atoms with E-state index in [1.54, 1.807) is 17.7 Å². The highest BCUT2D eigenvalue weighted by atomic mass is 32.2. The number of imidazole rings is 1. The maximum Gasteiger partial charge on any atom is 0.364 e. The molecule has 1 aliphatic heterocycles. The largest absolute Gasteiger partial charge is 0.421 e. The number of aromatic nitrogens is 2. The maximum absolute atomic E-state index is 13.3. The quantitative estimate of drug-likeness (QED) is 0.487. The lowest BCUT2D eigenvalue weighted by Gasteiger charge is -2.28. The number of fused-ring (bicyclic) bond motifs is 4. The van der Waals surface area contributed by atoms with E-state index in [1.807, 2.05) is 24.3 Å². The fraction of sp³-hybridized carbons (Fsp3) is 0.200. The molecular weight excluding hydrogens is 378 g/mol. The molecule has 1 aliphatic rings. The molecular formula is C20H17N3O4S. The van der Waals surface area contributed by atoms with Crippen molar-refractivity contribution in [2.24, 2.45) is 7.05 Å². The molecule has 0 saturated heterocycles. The van der Waals surface area contributed by atoms with Crippen molar-refractivity contribution in [3.05, 3.63) is 70.3 Å². The molecule has 4 aromatic rings. The Labute approximate surface area is 160 Å². The first-order valence-corrected chi connectivity index (χ1v) is 10.3. The van der Waals surface area contributed by atoms with Gasteiger partial charge in [-0.05, 0) is 35.7 Å². The van der Waals surface area contributed by atoms with Crippen molar-refractivity contribution < 1.29 is 12.8 Å². The lowest BCUT2D eigenvalue weighted by atomic mass is 10.0. The SMILES string of the molecule is Cn1cnc2c(=O)oc3ccc(S(=O)(=O)N4CCc5ccccc5C4)cc3c21. The first-order chi connectivity index (χ1) is 13.4. The first-order valence-electron chi connectivity index (χ1n) is 8.90. The molecule has 142 valence electrons. The topological polar surface area (TPSA) is 85.4 Å².